The molecule has 4 rings (SSSR count). The predicted octanol–water partition coefficient (Wildman–Crippen LogP) is 3.21. The zero-order valence-electron chi connectivity index (χ0n) is 19.8. The lowest BCUT2D eigenvalue weighted by atomic mass is 9.93. The number of nitrogen functional groups attached to an aromatic ring is 1. The summed E-state index contributed by atoms with van der Waals surface area (Å²) in [5, 5.41) is 21.6. The minimum Gasteiger partial charge on any atom is -0.424 e. The van der Waals surface area contributed by atoms with Gasteiger partial charge >= 0.3 is 7.60 Å². The molecule has 6 atom stereocenters. The van der Waals surface area contributed by atoms with E-state index in [9.17, 15) is 19.7 Å². The van der Waals surface area contributed by atoms with Gasteiger partial charge in [-0.2, -0.15) is 10.4 Å². The Labute approximate surface area is 216 Å². The number of benzene rings is 1. The number of aliphatic hydroxyl groups excluding tert-OH is 1. The highest BCUT2D eigenvalue weighted by Crippen LogP contribution is 2.55. The first-order valence-corrected chi connectivity index (χ1v) is 13.3. The van der Waals surface area contributed by atoms with Crippen molar-refractivity contribution in [2.75, 3.05) is 18.5 Å². The number of anilines is 1. The van der Waals surface area contributed by atoms with Crippen molar-refractivity contribution in [2.24, 2.45) is 5.92 Å². The summed E-state index contributed by atoms with van der Waals surface area (Å²) in [5.41, 5.74) is 3.40. The number of nitrogens with zero attached hydrogens (tertiary/aromatic N) is 4. The summed E-state index contributed by atoms with van der Waals surface area (Å²) in [6.45, 7) is 2.23. The maximum absolute atomic E-state index is 15.9. The topological polar surface area (TPSA) is 162 Å². The molecule has 1 aromatic carbocycles. The number of aromatic nitrogens is 3. The number of halogens is 2. The molecule has 37 heavy (non-hydrogen) atoms. The molecule has 0 spiro atoms. The van der Waals surface area contributed by atoms with Gasteiger partial charge in [-0.15, -0.1) is 0 Å². The van der Waals surface area contributed by atoms with Gasteiger partial charge in [0.1, 0.15) is 41.7 Å². The molecule has 1 aliphatic rings. The van der Waals surface area contributed by atoms with Crippen LogP contribution in [-0.4, -0.2) is 55.6 Å². The third-order valence-corrected chi connectivity index (χ3v) is 8.65. The zero-order valence-corrected chi connectivity index (χ0v) is 21.5. The van der Waals surface area contributed by atoms with Crippen LogP contribution in [0.3, 0.4) is 0 Å². The summed E-state index contributed by atoms with van der Waals surface area (Å²) >= 11 is 6.12. The lowest BCUT2D eigenvalue weighted by Gasteiger charge is -2.28. The van der Waals surface area contributed by atoms with Crippen LogP contribution >= 0.6 is 19.2 Å². The highest BCUT2D eigenvalue weighted by Gasteiger charge is 2.69. The smallest absolute Gasteiger partial charge is 0.379 e. The van der Waals surface area contributed by atoms with E-state index < -0.39 is 43.1 Å². The monoisotopic (exact) mass is 551 g/mol. The molecular formula is C23H24ClFN5O6P. The van der Waals surface area contributed by atoms with Crippen LogP contribution in [0.4, 0.5) is 10.2 Å². The van der Waals surface area contributed by atoms with Gasteiger partial charge in [0.25, 0.3) is 5.13 Å². The summed E-state index contributed by atoms with van der Waals surface area (Å²) in [4.78, 5) is 15.7. The van der Waals surface area contributed by atoms with Crippen LogP contribution < -0.4 is 10.3 Å². The number of ether oxygens (including phenoxy) is 1. The van der Waals surface area contributed by atoms with E-state index in [1.807, 2.05) is 0 Å². The van der Waals surface area contributed by atoms with Crippen molar-refractivity contribution in [3.05, 3.63) is 54.5 Å². The van der Waals surface area contributed by atoms with Crippen LogP contribution in [0, 0.1) is 17.2 Å². The quantitative estimate of drug-likeness (QED) is 0.298. The van der Waals surface area contributed by atoms with E-state index >= 15 is 4.39 Å². The number of hydrogen-bond acceptors (Lipinski definition) is 10. The van der Waals surface area contributed by atoms with Crippen molar-refractivity contribution in [1.29, 1.82) is 5.26 Å². The predicted molar refractivity (Wildman–Crippen MR) is 131 cm³/mol. The first-order valence-electron chi connectivity index (χ1n) is 11.2. The molecule has 0 bridgehead atoms. The van der Waals surface area contributed by atoms with Crippen LogP contribution in [0.5, 0.6) is 5.75 Å². The van der Waals surface area contributed by atoms with E-state index in [2.05, 4.69) is 10.1 Å². The van der Waals surface area contributed by atoms with Gasteiger partial charge in [0.2, 0.25) is 5.60 Å². The average molecular weight is 552 g/mol. The molecule has 2 aromatic heterocycles. The van der Waals surface area contributed by atoms with Crippen molar-refractivity contribution in [3.8, 4) is 11.8 Å². The molecule has 11 nitrogen and oxygen atoms in total. The van der Waals surface area contributed by atoms with Crippen molar-refractivity contribution in [1.82, 2.24) is 14.6 Å². The number of fused-ring (bicyclic) bond motifs is 1. The second-order valence-electron chi connectivity index (χ2n) is 8.68. The standard InChI is InChI=1S/C23H24ClFN5O6P/c1-14(15(2)31)11-37(33,36-16-6-4-3-5-7-16)34-10-18-20(32)23(24,25)22(12-26,35-18)19-9-8-17-21(27)28-13-29-30(17)19/h3-9,13-14,18,20,32H,10-11H2,1-2H3,(H2,27,28,29)/t14-,18-,20?,22+,23-,37?/m1/s1. The van der Waals surface area contributed by atoms with E-state index in [1.165, 1.54) is 19.1 Å². The summed E-state index contributed by atoms with van der Waals surface area (Å²) in [6, 6.07) is 12.6. The number of aliphatic hydroxyl groups is 1. The van der Waals surface area contributed by atoms with Gasteiger partial charge in [-0.25, -0.2) is 18.5 Å². The summed E-state index contributed by atoms with van der Waals surface area (Å²) < 4.78 is 47.6. The highest BCUT2D eigenvalue weighted by molar-refractivity contribution is 7.54. The zero-order chi connectivity index (χ0) is 27.0. The van der Waals surface area contributed by atoms with Crippen molar-refractivity contribution in [2.45, 2.75) is 36.8 Å². The third kappa shape index (κ3) is 4.81. The third-order valence-electron chi connectivity index (χ3n) is 6.14. The molecule has 3 heterocycles. The number of para-hydroxylation sites is 1. The molecule has 196 valence electrons. The number of alkyl halides is 2. The van der Waals surface area contributed by atoms with Gasteiger partial charge in [-0.1, -0.05) is 36.7 Å². The van der Waals surface area contributed by atoms with Gasteiger partial charge in [0.05, 0.1) is 18.5 Å². The Balaban J connectivity index is 1.64. The van der Waals surface area contributed by atoms with Gasteiger partial charge in [-0.05, 0) is 31.2 Å². The Morgan fingerprint density at radius 2 is 2.11 bits per heavy atom. The Bertz CT molecular complexity index is 1400. The lowest BCUT2D eigenvalue weighted by molar-refractivity contribution is -0.119. The number of Topliss-reactive ketones (excluding diaryl/α,β-unsaturated/α-hetero) is 1. The Morgan fingerprint density at radius 1 is 1.41 bits per heavy atom. The van der Waals surface area contributed by atoms with Crippen molar-refractivity contribution in [3.63, 3.8) is 0 Å². The number of carbonyl (C=O) groups excluding carboxylic acids is 1. The lowest BCUT2D eigenvalue weighted by Crippen LogP contribution is -2.46. The van der Waals surface area contributed by atoms with E-state index in [0.717, 1.165) is 10.8 Å². The summed E-state index contributed by atoms with van der Waals surface area (Å²) in [6.07, 6.45) is -2.82. The van der Waals surface area contributed by atoms with Crippen LogP contribution in [0.1, 0.15) is 19.5 Å². The first kappa shape index (κ1) is 27.0. The van der Waals surface area contributed by atoms with Gasteiger partial charge in [0.15, 0.2) is 5.82 Å². The first-order chi connectivity index (χ1) is 17.4. The second kappa shape index (κ2) is 10.0. The fraction of sp³-hybridized carbons (Fsp3) is 0.391. The largest absolute Gasteiger partial charge is 0.424 e. The number of nitrogens with two attached hydrogens (primary N) is 1. The normalized spacial score (nSPS) is 27.9. The molecule has 1 saturated heterocycles. The number of hydrogen-bond donors (Lipinski definition) is 2. The van der Waals surface area contributed by atoms with E-state index in [4.69, 9.17) is 31.1 Å². The fourth-order valence-electron chi connectivity index (χ4n) is 3.95. The van der Waals surface area contributed by atoms with E-state index in [-0.39, 0.29) is 34.7 Å². The number of ketones is 1. The summed E-state index contributed by atoms with van der Waals surface area (Å²) in [5.74, 6) is -0.654. The molecule has 14 heteroatoms. The van der Waals surface area contributed by atoms with E-state index in [0.29, 0.717) is 0 Å². The molecule has 1 fully saturated rings. The second-order valence-corrected chi connectivity index (χ2v) is 11.3. The maximum Gasteiger partial charge on any atom is 0.379 e. The molecule has 3 aromatic rings. The maximum atomic E-state index is 15.9. The van der Waals surface area contributed by atoms with Gasteiger partial charge in [-0.3, -0.25) is 9.32 Å². The minimum absolute atomic E-state index is 0.0605. The number of nitriles is 1. The number of carbonyl (C=O) groups is 1. The van der Waals surface area contributed by atoms with Gasteiger partial charge in [0, 0.05) is 5.92 Å². The molecule has 0 saturated carbocycles. The Kier molecular flexibility index (Phi) is 7.29. The summed E-state index contributed by atoms with van der Waals surface area (Å²) in [7, 11) is -4.03. The van der Waals surface area contributed by atoms with Crippen LogP contribution in [0.2, 0.25) is 0 Å². The molecule has 0 amide bonds. The number of rotatable bonds is 9. The van der Waals surface area contributed by atoms with Gasteiger partial charge < -0.3 is 20.1 Å². The average Bonchev–Trinajstić information content (AvgIpc) is 3.37. The fourth-order valence-corrected chi connectivity index (χ4v) is 6.26. The van der Waals surface area contributed by atoms with E-state index in [1.54, 1.807) is 43.3 Å². The van der Waals surface area contributed by atoms with Crippen molar-refractivity contribution >= 4 is 36.3 Å². The molecule has 0 radical (unpaired) electrons. The SMILES string of the molecule is CC(=O)[C@H](C)CP(=O)(OC[C@H]1O[C@@](C#N)(c2ccc3c(N)ncnn23)[C@@](F)(Cl)C1O)Oc1ccccc1. The van der Waals surface area contributed by atoms with Crippen LogP contribution in [-0.2, 0) is 24.2 Å². The van der Waals surface area contributed by atoms with Crippen LogP contribution in [0.25, 0.3) is 5.52 Å². The highest BCUT2D eigenvalue weighted by atomic mass is 35.5. The molecule has 0 aliphatic carbocycles. The molecular weight excluding hydrogens is 528 g/mol. The van der Waals surface area contributed by atoms with Crippen molar-refractivity contribution < 1.29 is 32.6 Å². The minimum atomic E-state index is -4.03. The van der Waals surface area contributed by atoms with Crippen LogP contribution in [0.15, 0.2) is 48.8 Å². The Morgan fingerprint density at radius 3 is 2.76 bits per heavy atom. The molecule has 1 aliphatic heterocycles. The Hall–Kier alpha value is -3.07. The molecule has 3 N–H and O–H groups in total. The molecule has 2 unspecified atom stereocenters.